The molecule has 3 aliphatic rings. The molecule has 0 spiro atoms. The normalized spacial score (nSPS) is 24.5. The Balaban J connectivity index is 1.43. The molecule has 3 unspecified atom stereocenters. The van der Waals surface area contributed by atoms with Crippen molar-refractivity contribution in [2.45, 2.75) is 31.9 Å². The first-order valence-electron chi connectivity index (χ1n) is 12.2. The van der Waals surface area contributed by atoms with E-state index >= 15 is 0 Å². The van der Waals surface area contributed by atoms with E-state index in [0.29, 0.717) is 50.5 Å². The molecular formula is C23H30F6N4O4S. The van der Waals surface area contributed by atoms with Crippen molar-refractivity contribution >= 4 is 21.8 Å². The summed E-state index contributed by atoms with van der Waals surface area (Å²) in [4.78, 5) is 17.1. The summed E-state index contributed by atoms with van der Waals surface area (Å²) in [5.41, 5.74) is 0.304. The second-order valence-corrected chi connectivity index (χ2v) is 12.2. The summed E-state index contributed by atoms with van der Waals surface area (Å²) in [6.07, 6.45) is -11.3. The molecule has 214 valence electrons. The number of hydrogen-bond acceptors (Lipinski definition) is 6. The van der Waals surface area contributed by atoms with E-state index < -0.39 is 40.1 Å². The zero-order chi connectivity index (χ0) is 28.0. The van der Waals surface area contributed by atoms with Crippen molar-refractivity contribution in [2.75, 3.05) is 63.5 Å². The van der Waals surface area contributed by atoms with Crippen LogP contribution in [-0.2, 0) is 27.5 Å². The fourth-order valence-corrected chi connectivity index (χ4v) is 6.13. The maximum atomic E-state index is 13.5. The van der Waals surface area contributed by atoms with Gasteiger partial charge in [0.2, 0.25) is 10.0 Å². The molecule has 3 atom stereocenters. The highest BCUT2D eigenvalue weighted by atomic mass is 32.2. The van der Waals surface area contributed by atoms with Crippen LogP contribution in [0.25, 0.3) is 0 Å². The van der Waals surface area contributed by atoms with Gasteiger partial charge >= 0.3 is 18.4 Å². The average Bonchev–Trinajstić information content (AvgIpc) is 3.38. The van der Waals surface area contributed by atoms with Gasteiger partial charge in [0, 0.05) is 64.6 Å². The molecule has 0 aromatic heterocycles. The standard InChI is InChI=1S/C23H30F6N4O4S/c1-15(22(24,25)26)37-21(34)31-7-5-30(6-8-31)10-16-3-4-19(23(27,28)29)9-20(16)32-11-17-13-33(38(2,35)36)14-18(17)12-32/h3-4,9,15,17-18H,5-8,10-14H2,1-2H3. The Morgan fingerprint density at radius 3 is 2.08 bits per heavy atom. The number of ether oxygens (including phenoxy) is 1. The van der Waals surface area contributed by atoms with Gasteiger partial charge in [0.1, 0.15) is 0 Å². The summed E-state index contributed by atoms with van der Waals surface area (Å²) in [5, 5.41) is 0. The van der Waals surface area contributed by atoms with Crippen molar-refractivity contribution < 1.29 is 44.3 Å². The van der Waals surface area contributed by atoms with Gasteiger partial charge in [0.15, 0.2) is 6.10 Å². The number of nitrogens with zero attached hydrogens (tertiary/aromatic N) is 4. The molecule has 38 heavy (non-hydrogen) atoms. The number of carbonyl (C=O) groups is 1. The van der Waals surface area contributed by atoms with Gasteiger partial charge in [-0.2, -0.15) is 26.3 Å². The van der Waals surface area contributed by atoms with E-state index in [4.69, 9.17) is 0 Å². The first-order valence-corrected chi connectivity index (χ1v) is 14.0. The SMILES string of the molecule is CC(OC(=O)N1CCN(Cc2ccc(C(F)(F)F)cc2N2CC3CN(S(C)(=O)=O)CC3C2)CC1)C(F)(F)F. The summed E-state index contributed by atoms with van der Waals surface area (Å²) in [6.45, 7) is 3.43. The number of halogens is 6. The van der Waals surface area contributed by atoms with Crippen molar-refractivity contribution in [3.63, 3.8) is 0 Å². The number of carbonyl (C=O) groups excluding carboxylic acids is 1. The van der Waals surface area contributed by atoms with E-state index in [-0.39, 0.29) is 31.5 Å². The number of rotatable bonds is 5. The number of piperazine rings is 1. The van der Waals surface area contributed by atoms with Crippen LogP contribution < -0.4 is 4.90 Å². The van der Waals surface area contributed by atoms with Crippen LogP contribution in [-0.4, -0.2) is 99.5 Å². The van der Waals surface area contributed by atoms with E-state index in [2.05, 4.69) is 4.74 Å². The lowest BCUT2D eigenvalue weighted by molar-refractivity contribution is -0.200. The number of fused-ring (bicyclic) bond motifs is 1. The Morgan fingerprint density at radius 2 is 1.58 bits per heavy atom. The topological polar surface area (TPSA) is 73.4 Å². The van der Waals surface area contributed by atoms with Crippen molar-refractivity contribution in [2.24, 2.45) is 11.8 Å². The summed E-state index contributed by atoms with van der Waals surface area (Å²) >= 11 is 0. The molecule has 3 aliphatic heterocycles. The van der Waals surface area contributed by atoms with Gasteiger partial charge < -0.3 is 14.5 Å². The minimum Gasteiger partial charge on any atom is -0.437 e. The van der Waals surface area contributed by atoms with Crippen LogP contribution in [0.5, 0.6) is 0 Å². The van der Waals surface area contributed by atoms with Crippen LogP contribution in [0.2, 0.25) is 0 Å². The number of alkyl halides is 6. The first-order chi connectivity index (χ1) is 17.5. The second-order valence-electron chi connectivity index (χ2n) is 10.2. The molecule has 15 heteroatoms. The quantitative estimate of drug-likeness (QED) is 0.505. The maximum Gasteiger partial charge on any atom is 0.425 e. The molecule has 1 aromatic rings. The smallest absolute Gasteiger partial charge is 0.425 e. The van der Waals surface area contributed by atoms with Gasteiger partial charge in [-0.1, -0.05) is 6.07 Å². The van der Waals surface area contributed by atoms with Gasteiger partial charge in [-0.15, -0.1) is 0 Å². The van der Waals surface area contributed by atoms with Crippen LogP contribution in [0.4, 0.5) is 36.8 Å². The zero-order valence-electron chi connectivity index (χ0n) is 20.9. The van der Waals surface area contributed by atoms with E-state index in [1.165, 1.54) is 15.3 Å². The zero-order valence-corrected chi connectivity index (χ0v) is 21.7. The number of sulfonamides is 1. The predicted octanol–water partition coefficient (Wildman–Crippen LogP) is 3.24. The lowest BCUT2D eigenvalue weighted by atomic mass is 10.0. The fourth-order valence-electron chi connectivity index (χ4n) is 5.21. The number of amides is 1. The Bertz CT molecular complexity index is 1120. The third-order valence-corrected chi connectivity index (χ3v) is 8.67. The second kappa shape index (κ2) is 10.4. The summed E-state index contributed by atoms with van der Waals surface area (Å²) in [6, 6.07) is 3.57. The van der Waals surface area contributed by atoms with Crippen LogP contribution in [0, 0.1) is 11.8 Å². The molecule has 0 radical (unpaired) electrons. The Hall–Kier alpha value is -2.26. The number of benzene rings is 1. The molecule has 0 saturated carbocycles. The molecular weight excluding hydrogens is 542 g/mol. The van der Waals surface area contributed by atoms with E-state index in [1.807, 2.05) is 9.80 Å². The largest absolute Gasteiger partial charge is 0.437 e. The molecule has 1 aromatic carbocycles. The van der Waals surface area contributed by atoms with E-state index in [1.54, 1.807) is 0 Å². The van der Waals surface area contributed by atoms with Crippen molar-refractivity contribution in [3.8, 4) is 0 Å². The summed E-state index contributed by atoms with van der Waals surface area (Å²) in [5.74, 6) is 0.0292. The van der Waals surface area contributed by atoms with E-state index in [9.17, 15) is 39.6 Å². The Labute approximate surface area is 217 Å². The molecule has 0 aliphatic carbocycles. The van der Waals surface area contributed by atoms with Crippen LogP contribution in [0.15, 0.2) is 18.2 Å². The molecule has 3 fully saturated rings. The molecule has 4 rings (SSSR count). The highest BCUT2D eigenvalue weighted by Gasteiger charge is 2.44. The predicted molar refractivity (Wildman–Crippen MR) is 126 cm³/mol. The van der Waals surface area contributed by atoms with Crippen molar-refractivity contribution in [1.29, 1.82) is 0 Å². The fraction of sp³-hybridized carbons (Fsp3) is 0.696. The lowest BCUT2D eigenvalue weighted by Gasteiger charge is -2.35. The molecule has 3 heterocycles. The average molecular weight is 573 g/mol. The van der Waals surface area contributed by atoms with Gasteiger partial charge in [-0.3, -0.25) is 4.90 Å². The third kappa shape index (κ3) is 6.47. The minimum atomic E-state index is -4.66. The van der Waals surface area contributed by atoms with Gasteiger partial charge in [-0.25, -0.2) is 17.5 Å². The highest BCUT2D eigenvalue weighted by Crippen LogP contribution is 2.39. The molecule has 0 N–H and O–H groups in total. The highest BCUT2D eigenvalue weighted by molar-refractivity contribution is 7.88. The third-order valence-electron chi connectivity index (χ3n) is 7.44. The van der Waals surface area contributed by atoms with Gasteiger partial charge in [0.05, 0.1) is 11.8 Å². The Kier molecular flexibility index (Phi) is 7.85. The summed E-state index contributed by atoms with van der Waals surface area (Å²) < 4.78 is 108. The van der Waals surface area contributed by atoms with Crippen LogP contribution in [0.1, 0.15) is 18.1 Å². The number of hydrogen-bond donors (Lipinski definition) is 0. The summed E-state index contributed by atoms with van der Waals surface area (Å²) in [7, 11) is -3.34. The monoisotopic (exact) mass is 572 g/mol. The van der Waals surface area contributed by atoms with Gasteiger partial charge in [0.25, 0.3) is 0 Å². The van der Waals surface area contributed by atoms with Crippen LogP contribution >= 0.6 is 0 Å². The molecule has 3 saturated heterocycles. The molecule has 1 amide bonds. The molecule has 0 bridgehead atoms. The molecule has 8 nitrogen and oxygen atoms in total. The number of anilines is 1. The Morgan fingerprint density at radius 1 is 1.00 bits per heavy atom. The van der Waals surface area contributed by atoms with Crippen molar-refractivity contribution in [3.05, 3.63) is 29.3 Å². The lowest BCUT2D eigenvalue weighted by Crippen LogP contribution is -2.49. The van der Waals surface area contributed by atoms with Crippen molar-refractivity contribution in [1.82, 2.24) is 14.1 Å². The van der Waals surface area contributed by atoms with Crippen LogP contribution in [0.3, 0.4) is 0 Å². The van der Waals surface area contributed by atoms with E-state index in [0.717, 1.165) is 25.3 Å². The van der Waals surface area contributed by atoms with Gasteiger partial charge in [-0.05, 0) is 36.5 Å². The first kappa shape index (κ1) is 28.7. The minimum absolute atomic E-state index is 0.0146. The maximum absolute atomic E-state index is 13.5.